The molecule has 4 N–H and O–H groups in total. The maximum Gasteiger partial charge on any atom is 0.319 e. The van der Waals surface area contributed by atoms with E-state index in [0.717, 1.165) is 35.2 Å². The Bertz CT molecular complexity index is 1000. The first kappa shape index (κ1) is 22.2. The van der Waals surface area contributed by atoms with Crippen molar-refractivity contribution in [2.24, 2.45) is 0 Å². The molecule has 0 spiro atoms. The van der Waals surface area contributed by atoms with Crippen LogP contribution in [0.15, 0.2) is 72.8 Å². The van der Waals surface area contributed by atoms with E-state index in [9.17, 15) is 9.18 Å². The van der Waals surface area contributed by atoms with Gasteiger partial charge in [-0.2, -0.15) is 0 Å². The van der Waals surface area contributed by atoms with E-state index in [0.29, 0.717) is 12.2 Å². The van der Waals surface area contributed by atoms with Gasteiger partial charge in [-0.15, -0.1) is 0 Å². The van der Waals surface area contributed by atoms with E-state index in [2.05, 4.69) is 40.2 Å². The van der Waals surface area contributed by atoms with E-state index in [1.54, 1.807) is 0 Å². The molecule has 3 aromatic carbocycles. The number of benzene rings is 3. The normalized spacial score (nSPS) is 11.5. The summed E-state index contributed by atoms with van der Waals surface area (Å²) in [7, 11) is 1.91. The van der Waals surface area contributed by atoms with Crippen molar-refractivity contribution >= 4 is 17.9 Å². The molecule has 0 aliphatic rings. The lowest BCUT2D eigenvalue weighted by Gasteiger charge is -2.19. The second kappa shape index (κ2) is 11.0. The molecule has 1 atom stereocenters. The lowest BCUT2D eigenvalue weighted by molar-refractivity contribution is 0.251. The van der Waals surface area contributed by atoms with Crippen molar-refractivity contribution in [1.82, 2.24) is 10.6 Å². The average molecular weight is 419 g/mol. The third-order valence-electron chi connectivity index (χ3n) is 5.12. The minimum Gasteiger partial charge on any atom is -0.337 e. The highest BCUT2D eigenvalue weighted by molar-refractivity contribution is 5.89. The lowest BCUT2D eigenvalue weighted by atomic mass is 9.93. The monoisotopic (exact) mass is 418 g/mol. The second-order valence-electron chi connectivity index (χ2n) is 7.32. The highest BCUT2D eigenvalue weighted by Gasteiger charge is 2.13. The Morgan fingerprint density at radius 1 is 1.03 bits per heavy atom. The van der Waals surface area contributed by atoms with E-state index >= 15 is 0 Å². The van der Waals surface area contributed by atoms with Gasteiger partial charge in [0.2, 0.25) is 0 Å². The molecule has 5 nitrogen and oxygen atoms in total. The molecule has 0 saturated heterocycles. The van der Waals surface area contributed by atoms with Crippen molar-refractivity contribution in [2.45, 2.75) is 12.3 Å². The summed E-state index contributed by atoms with van der Waals surface area (Å²) in [5, 5.41) is 16.2. The van der Waals surface area contributed by atoms with Crippen LogP contribution in [0, 0.1) is 11.2 Å². The molecule has 3 rings (SSSR count). The summed E-state index contributed by atoms with van der Waals surface area (Å²) in [5.74, 6) is -0.195. The van der Waals surface area contributed by atoms with Crippen molar-refractivity contribution in [2.75, 3.05) is 25.5 Å². The van der Waals surface area contributed by atoms with E-state index in [1.807, 2.05) is 31.3 Å². The molecular formula is C25H27FN4O. The van der Waals surface area contributed by atoms with Crippen molar-refractivity contribution in [3.05, 3.63) is 89.7 Å². The number of carbonyl (C=O) groups is 1. The molecule has 0 aliphatic heterocycles. The SMILES string of the molecule is CNCCC(CNC(=O)Nc1ccc(F)cc1)c1ccc(-c2cccc(C=N)c2)cc1. The number of rotatable bonds is 9. The molecule has 0 aliphatic carbocycles. The van der Waals surface area contributed by atoms with Crippen LogP contribution in [0.5, 0.6) is 0 Å². The summed E-state index contributed by atoms with van der Waals surface area (Å²) in [6, 6.07) is 21.6. The van der Waals surface area contributed by atoms with Crippen molar-refractivity contribution in [3.8, 4) is 11.1 Å². The summed E-state index contributed by atoms with van der Waals surface area (Å²) in [4.78, 5) is 12.3. The van der Waals surface area contributed by atoms with Crippen LogP contribution in [0.1, 0.15) is 23.5 Å². The Balaban J connectivity index is 1.65. The number of carbonyl (C=O) groups excluding carboxylic acids is 1. The first-order valence-electron chi connectivity index (χ1n) is 10.2. The zero-order valence-corrected chi connectivity index (χ0v) is 17.5. The number of hydrogen-bond donors (Lipinski definition) is 4. The number of anilines is 1. The minimum absolute atomic E-state index is 0.147. The number of nitrogens with one attached hydrogen (secondary N) is 4. The van der Waals surface area contributed by atoms with Crippen LogP contribution >= 0.6 is 0 Å². The lowest BCUT2D eigenvalue weighted by Crippen LogP contribution is -2.33. The summed E-state index contributed by atoms with van der Waals surface area (Å²) in [5.41, 5.74) is 4.70. The number of halogens is 1. The number of hydrogen-bond acceptors (Lipinski definition) is 3. The highest BCUT2D eigenvalue weighted by Crippen LogP contribution is 2.25. The van der Waals surface area contributed by atoms with Gasteiger partial charge in [0.25, 0.3) is 0 Å². The quantitative estimate of drug-likeness (QED) is 0.369. The fourth-order valence-electron chi connectivity index (χ4n) is 3.39. The van der Waals surface area contributed by atoms with Crippen LogP contribution in [0.25, 0.3) is 11.1 Å². The Labute approximate surface area is 182 Å². The van der Waals surface area contributed by atoms with Crippen LogP contribution < -0.4 is 16.0 Å². The third-order valence-corrected chi connectivity index (χ3v) is 5.12. The molecular weight excluding hydrogens is 391 g/mol. The Kier molecular flexibility index (Phi) is 7.90. The smallest absolute Gasteiger partial charge is 0.319 e. The molecule has 160 valence electrons. The van der Waals surface area contributed by atoms with Crippen LogP contribution in [0.2, 0.25) is 0 Å². The maximum absolute atomic E-state index is 13.0. The average Bonchev–Trinajstić information content (AvgIpc) is 2.81. The van der Waals surface area contributed by atoms with Gasteiger partial charge in [-0.1, -0.05) is 42.5 Å². The molecule has 2 amide bonds. The van der Waals surface area contributed by atoms with Crippen LogP contribution in [-0.4, -0.2) is 32.4 Å². The minimum atomic E-state index is -0.342. The van der Waals surface area contributed by atoms with Gasteiger partial charge >= 0.3 is 6.03 Å². The molecule has 3 aromatic rings. The Morgan fingerprint density at radius 2 is 1.77 bits per heavy atom. The van der Waals surface area contributed by atoms with E-state index < -0.39 is 0 Å². The first-order chi connectivity index (χ1) is 15.1. The predicted molar refractivity (Wildman–Crippen MR) is 124 cm³/mol. The summed E-state index contributed by atoms with van der Waals surface area (Å²) in [6.07, 6.45) is 2.21. The van der Waals surface area contributed by atoms with Gasteiger partial charge in [-0.3, -0.25) is 0 Å². The Hall–Kier alpha value is -3.51. The van der Waals surface area contributed by atoms with Crippen LogP contribution in [-0.2, 0) is 0 Å². The fourth-order valence-corrected chi connectivity index (χ4v) is 3.39. The zero-order valence-electron chi connectivity index (χ0n) is 17.5. The van der Waals surface area contributed by atoms with Crippen LogP contribution in [0.4, 0.5) is 14.9 Å². The molecule has 0 saturated carbocycles. The van der Waals surface area contributed by atoms with Crippen molar-refractivity contribution in [1.29, 1.82) is 5.41 Å². The molecule has 0 fully saturated rings. The first-order valence-corrected chi connectivity index (χ1v) is 10.2. The van der Waals surface area contributed by atoms with E-state index in [4.69, 9.17) is 5.41 Å². The molecule has 0 bridgehead atoms. The summed E-state index contributed by atoms with van der Waals surface area (Å²) >= 11 is 0. The zero-order chi connectivity index (χ0) is 22.1. The molecule has 1 unspecified atom stereocenters. The van der Waals surface area contributed by atoms with E-state index in [1.165, 1.54) is 30.5 Å². The van der Waals surface area contributed by atoms with Gasteiger partial charge in [0.05, 0.1) is 0 Å². The van der Waals surface area contributed by atoms with Gasteiger partial charge in [0.1, 0.15) is 5.82 Å². The van der Waals surface area contributed by atoms with Crippen molar-refractivity contribution < 1.29 is 9.18 Å². The van der Waals surface area contributed by atoms with Crippen molar-refractivity contribution in [3.63, 3.8) is 0 Å². The maximum atomic E-state index is 13.0. The van der Waals surface area contributed by atoms with Gasteiger partial charge in [-0.25, -0.2) is 9.18 Å². The summed E-state index contributed by atoms with van der Waals surface area (Å²) in [6.45, 7) is 1.31. The largest absolute Gasteiger partial charge is 0.337 e. The molecule has 0 heterocycles. The fraction of sp³-hybridized carbons (Fsp3) is 0.200. The van der Waals surface area contributed by atoms with Gasteiger partial charge in [0, 0.05) is 24.4 Å². The van der Waals surface area contributed by atoms with Gasteiger partial charge in [0.15, 0.2) is 0 Å². The van der Waals surface area contributed by atoms with Gasteiger partial charge < -0.3 is 21.4 Å². The topological polar surface area (TPSA) is 77.0 Å². The van der Waals surface area contributed by atoms with Gasteiger partial charge in [-0.05, 0) is 72.6 Å². The second-order valence-corrected chi connectivity index (χ2v) is 7.32. The number of amides is 2. The molecule has 0 aromatic heterocycles. The molecule has 0 radical (unpaired) electrons. The van der Waals surface area contributed by atoms with Crippen LogP contribution in [0.3, 0.4) is 0 Å². The third kappa shape index (κ3) is 6.49. The van der Waals surface area contributed by atoms with E-state index in [-0.39, 0.29) is 17.8 Å². The highest BCUT2D eigenvalue weighted by atomic mass is 19.1. The molecule has 31 heavy (non-hydrogen) atoms. The molecule has 6 heteroatoms. The predicted octanol–water partition coefficient (Wildman–Crippen LogP) is 5.01. The number of urea groups is 1. The standard InChI is InChI=1S/C25H27FN4O/c1-28-14-13-22(17-29-25(31)30-24-11-9-23(26)10-12-24)20-7-5-19(6-8-20)21-4-2-3-18(15-21)16-27/h2-12,15-16,22,27-28H,13-14,17H2,1H3,(H2,29,30,31). The Morgan fingerprint density at radius 3 is 2.45 bits per heavy atom. The summed E-state index contributed by atoms with van der Waals surface area (Å²) < 4.78 is 13.0.